The van der Waals surface area contributed by atoms with Crippen molar-refractivity contribution in [2.75, 3.05) is 0 Å². The Morgan fingerprint density at radius 1 is 1.14 bits per heavy atom. The van der Waals surface area contributed by atoms with E-state index in [1.807, 2.05) is 0 Å². The number of alkyl halides is 3. The smallest absolute Gasteiger partial charge is 0.416 e. The Bertz CT molecular complexity index is 683. The summed E-state index contributed by atoms with van der Waals surface area (Å²) in [5.41, 5.74) is -0.0954. The Labute approximate surface area is 130 Å². The summed E-state index contributed by atoms with van der Waals surface area (Å²) in [5, 5.41) is 9.79. The van der Waals surface area contributed by atoms with E-state index in [1.165, 1.54) is 12.1 Å². The average Bonchev–Trinajstić information content (AvgIpc) is 2.44. The van der Waals surface area contributed by atoms with Crippen LogP contribution < -0.4 is 0 Å². The van der Waals surface area contributed by atoms with E-state index < -0.39 is 23.6 Å². The Hall–Kier alpha value is -2.01. The first-order chi connectivity index (χ1) is 10.3. The summed E-state index contributed by atoms with van der Waals surface area (Å²) in [5.74, 6) is -2.25. The Morgan fingerprint density at radius 2 is 1.82 bits per heavy atom. The molecule has 0 fully saturated rings. The Morgan fingerprint density at radius 3 is 2.41 bits per heavy atom. The van der Waals surface area contributed by atoms with Crippen molar-refractivity contribution in [2.45, 2.75) is 18.5 Å². The summed E-state index contributed by atoms with van der Waals surface area (Å²) in [6.45, 7) is 0. The first kappa shape index (κ1) is 16.4. The summed E-state index contributed by atoms with van der Waals surface area (Å²) >= 11 is 5.84. The van der Waals surface area contributed by atoms with E-state index in [-0.39, 0.29) is 12.0 Å². The van der Waals surface area contributed by atoms with Crippen LogP contribution in [0.3, 0.4) is 0 Å². The number of hydrogen-bond donors (Lipinski definition) is 1. The molecule has 2 nitrogen and oxygen atoms in total. The molecule has 22 heavy (non-hydrogen) atoms. The number of halogens is 4. The molecule has 0 bridgehead atoms. The fraction of sp³-hybridized carbons (Fsp3) is 0.188. The van der Waals surface area contributed by atoms with Crippen LogP contribution in [0.15, 0.2) is 48.5 Å². The first-order valence-corrected chi connectivity index (χ1v) is 6.79. The maximum absolute atomic E-state index is 12.7. The SMILES string of the molecule is O=C(O)[C@H](Cc1cccc(Cl)c1)c1cccc(C(F)(F)F)c1. The second kappa shape index (κ2) is 6.40. The van der Waals surface area contributed by atoms with Crippen LogP contribution in [-0.4, -0.2) is 11.1 Å². The summed E-state index contributed by atoms with van der Waals surface area (Å²) in [4.78, 5) is 11.4. The lowest BCUT2D eigenvalue weighted by atomic mass is 9.91. The molecule has 0 aromatic heterocycles. The van der Waals surface area contributed by atoms with E-state index in [2.05, 4.69) is 0 Å². The quantitative estimate of drug-likeness (QED) is 0.877. The second-order valence-electron chi connectivity index (χ2n) is 4.85. The standard InChI is InChI=1S/C16H12ClF3O2/c17-13-6-1-3-10(7-13)8-14(15(21)22)11-4-2-5-12(9-11)16(18,19)20/h1-7,9,14H,8H2,(H,21,22)/t14-/m1/s1. The van der Waals surface area contributed by atoms with E-state index in [0.717, 1.165) is 12.1 Å². The molecule has 116 valence electrons. The summed E-state index contributed by atoms with van der Waals surface area (Å²) in [6, 6.07) is 11.0. The minimum Gasteiger partial charge on any atom is -0.481 e. The lowest BCUT2D eigenvalue weighted by Crippen LogP contribution is -2.16. The highest BCUT2D eigenvalue weighted by molar-refractivity contribution is 6.30. The topological polar surface area (TPSA) is 37.3 Å². The van der Waals surface area contributed by atoms with Gasteiger partial charge in [0.05, 0.1) is 11.5 Å². The van der Waals surface area contributed by atoms with Gasteiger partial charge in [0.25, 0.3) is 0 Å². The first-order valence-electron chi connectivity index (χ1n) is 6.42. The van der Waals surface area contributed by atoms with Crippen molar-refractivity contribution in [3.8, 4) is 0 Å². The van der Waals surface area contributed by atoms with Gasteiger partial charge in [0.1, 0.15) is 0 Å². The fourth-order valence-electron chi connectivity index (χ4n) is 2.18. The van der Waals surface area contributed by atoms with Crippen molar-refractivity contribution in [1.82, 2.24) is 0 Å². The zero-order valence-corrected chi connectivity index (χ0v) is 12.0. The number of hydrogen-bond acceptors (Lipinski definition) is 1. The third-order valence-electron chi connectivity index (χ3n) is 3.24. The highest BCUT2D eigenvalue weighted by Crippen LogP contribution is 2.32. The molecule has 1 atom stereocenters. The molecular weight excluding hydrogens is 317 g/mol. The van der Waals surface area contributed by atoms with Crippen LogP contribution in [0.2, 0.25) is 5.02 Å². The van der Waals surface area contributed by atoms with Crippen LogP contribution in [0.5, 0.6) is 0 Å². The van der Waals surface area contributed by atoms with Crippen LogP contribution in [0.4, 0.5) is 13.2 Å². The van der Waals surface area contributed by atoms with Gasteiger partial charge in [-0.1, -0.05) is 41.9 Å². The minimum absolute atomic E-state index is 0.0667. The van der Waals surface area contributed by atoms with Crippen LogP contribution in [0, 0.1) is 0 Å². The van der Waals surface area contributed by atoms with E-state index >= 15 is 0 Å². The van der Waals surface area contributed by atoms with Gasteiger partial charge in [-0.2, -0.15) is 13.2 Å². The highest BCUT2D eigenvalue weighted by atomic mass is 35.5. The number of carboxylic acids is 1. The van der Waals surface area contributed by atoms with Gasteiger partial charge in [0.15, 0.2) is 0 Å². The van der Waals surface area contributed by atoms with Crippen LogP contribution in [0.25, 0.3) is 0 Å². The molecule has 0 heterocycles. The van der Waals surface area contributed by atoms with E-state index in [0.29, 0.717) is 10.6 Å². The van der Waals surface area contributed by atoms with Crippen molar-refractivity contribution >= 4 is 17.6 Å². The number of aliphatic carboxylic acids is 1. The molecule has 2 aromatic carbocycles. The van der Waals surface area contributed by atoms with Gasteiger partial charge in [-0.3, -0.25) is 4.79 Å². The van der Waals surface area contributed by atoms with Crippen LogP contribution in [0.1, 0.15) is 22.6 Å². The predicted octanol–water partition coefficient (Wildman–Crippen LogP) is 4.77. The van der Waals surface area contributed by atoms with E-state index in [9.17, 15) is 23.1 Å². The van der Waals surface area contributed by atoms with Crippen molar-refractivity contribution in [3.63, 3.8) is 0 Å². The number of carboxylic acid groups (broad SMARTS) is 1. The van der Waals surface area contributed by atoms with Crippen LogP contribution in [-0.2, 0) is 17.4 Å². The highest BCUT2D eigenvalue weighted by Gasteiger charge is 2.31. The minimum atomic E-state index is -4.50. The van der Waals surface area contributed by atoms with Gasteiger partial charge in [-0.15, -0.1) is 0 Å². The van der Waals surface area contributed by atoms with Crippen LogP contribution >= 0.6 is 11.6 Å². The monoisotopic (exact) mass is 328 g/mol. The van der Waals surface area contributed by atoms with Gasteiger partial charge >= 0.3 is 12.1 Å². The van der Waals surface area contributed by atoms with Gasteiger partial charge < -0.3 is 5.11 Å². The average molecular weight is 329 g/mol. The van der Waals surface area contributed by atoms with Gasteiger partial charge in [-0.25, -0.2) is 0 Å². The molecule has 0 saturated carbocycles. The molecule has 0 aliphatic rings. The van der Waals surface area contributed by atoms with Gasteiger partial charge in [0, 0.05) is 5.02 Å². The van der Waals surface area contributed by atoms with Gasteiger partial charge in [-0.05, 0) is 35.7 Å². The molecule has 0 radical (unpaired) electrons. The predicted molar refractivity (Wildman–Crippen MR) is 77.0 cm³/mol. The molecule has 0 amide bonds. The van der Waals surface area contributed by atoms with Crippen molar-refractivity contribution in [3.05, 3.63) is 70.2 Å². The molecule has 0 aliphatic heterocycles. The number of benzene rings is 2. The molecule has 2 rings (SSSR count). The van der Waals surface area contributed by atoms with Crippen molar-refractivity contribution < 1.29 is 23.1 Å². The maximum atomic E-state index is 12.7. The van der Waals surface area contributed by atoms with Gasteiger partial charge in [0.2, 0.25) is 0 Å². The fourth-order valence-corrected chi connectivity index (χ4v) is 2.39. The van der Waals surface area contributed by atoms with Crippen molar-refractivity contribution in [1.29, 1.82) is 0 Å². The summed E-state index contributed by atoms with van der Waals surface area (Å²) in [6.07, 6.45) is -4.44. The Kier molecular flexibility index (Phi) is 4.76. The lowest BCUT2D eigenvalue weighted by molar-refractivity contribution is -0.140. The van der Waals surface area contributed by atoms with Crippen molar-refractivity contribution in [2.24, 2.45) is 0 Å². The molecule has 0 aliphatic carbocycles. The number of rotatable bonds is 4. The largest absolute Gasteiger partial charge is 0.481 e. The molecule has 0 saturated heterocycles. The van der Waals surface area contributed by atoms with E-state index in [4.69, 9.17) is 11.6 Å². The zero-order chi connectivity index (χ0) is 16.3. The summed E-state index contributed by atoms with van der Waals surface area (Å²) < 4.78 is 38.2. The number of carbonyl (C=O) groups is 1. The lowest BCUT2D eigenvalue weighted by Gasteiger charge is -2.15. The third-order valence-corrected chi connectivity index (χ3v) is 3.48. The Balaban J connectivity index is 2.34. The molecule has 0 unspecified atom stereocenters. The summed E-state index contributed by atoms with van der Waals surface area (Å²) in [7, 11) is 0. The van der Waals surface area contributed by atoms with E-state index in [1.54, 1.807) is 24.3 Å². The third kappa shape index (κ3) is 4.01. The second-order valence-corrected chi connectivity index (χ2v) is 5.28. The maximum Gasteiger partial charge on any atom is 0.416 e. The normalized spacial score (nSPS) is 12.9. The molecule has 0 spiro atoms. The molecule has 6 heteroatoms. The molecule has 1 N–H and O–H groups in total. The zero-order valence-electron chi connectivity index (χ0n) is 11.3. The molecule has 2 aromatic rings. The molecular formula is C16H12ClF3O2.